The number of hydrogen-bond donors (Lipinski definition) is 1. The summed E-state index contributed by atoms with van der Waals surface area (Å²) >= 11 is 0.986. The maximum atomic E-state index is 12.6. The lowest BCUT2D eigenvalue weighted by Crippen LogP contribution is -2.33. The fraction of sp³-hybridized carbons (Fsp3) is 0.357. The topological polar surface area (TPSA) is 111 Å². The van der Waals surface area contributed by atoms with E-state index in [4.69, 9.17) is 0 Å². The van der Waals surface area contributed by atoms with Crippen molar-refractivity contribution in [2.24, 2.45) is 0 Å². The molecule has 0 saturated carbocycles. The van der Waals surface area contributed by atoms with Crippen LogP contribution in [0, 0.1) is 6.92 Å². The molecule has 13 heteroatoms. The molecule has 0 aliphatic carbocycles. The third-order valence-electron chi connectivity index (χ3n) is 2.87. The van der Waals surface area contributed by atoms with Crippen molar-refractivity contribution in [1.82, 2.24) is 14.9 Å². The second-order valence-corrected chi connectivity index (χ2v) is 7.92. The molecule has 1 aromatic heterocycles. The first-order valence-electron chi connectivity index (χ1n) is 7.38. The van der Waals surface area contributed by atoms with E-state index in [1.165, 1.54) is 19.1 Å². The van der Waals surface area contributed by atoms with Crippen molar-refractivity contribution in [3.8, 4) is 5.75 Å². The van der Waals surface area contributed by atoms with Crippen LogP contribution < -0.4 is 9.46 Å². The van der Waals surface area contributed by atoms with Gasteiger partial charge in [-0.05, 0) is 17.9 Å². The van der Waals surface area contributed by atoms with Crippen LogP contribution in [-0.2, 0) is 21.2 Å². The summed E-state index contributed by atoms with van der Waals surface area (Å²) in [6, 6.07) is 3.40. The fourth-order valence-electron chi connectivity index (χ4n) is 2.03. The smallest absolute Gasteiger partial charge is 0.404 e. The molecule has 0 aliphatic heterocycles. The highest BCUT2D eigenvalue weighted by Gasteiger charge is 2.35. The average Bonchev–Trinajstić information content (AvgIpc) is 2.90. The number of nitrogens with zero attached hydrogens (tertiary/aromatic N) is 2. The van der Waals surface area contributed by atoms with Crippen LogP contribution in [0.15, 0.2) is 32.5 Å². The van der Waals surface area contributed by atoms with Crippen molar-refractivity contribution in [2.75, 3.05) is 5.75 Å². The van der Waals surface area contributed by atoms with Crippen molar-refractivity contribution in [3.05, 3.63) is 29.9 Å². The molecule has 0 saturated heterocycles. The first-order valence-corrected chi connectivity index (χ1v) is 9.85. The molecule has 0 unspecified atom stereocenters. The Morgan fingerprint density at radius 3 is 2.63 bits per heavy atom. The number of alkyl halides is 3. The number of hydrogen-bond acceptors (Lipinski definition) is 8. The van der Waals surface area contributed by atoms with E-state index in [0.29, 0.717) is 5.75 Å². The van der Waals surface area contributed by atoms with Crippen LogP contribution in [0.1, 0.15) is 18.6 Å². The molecule has 2 aromatic rings. The highest BCUT2D eigenvalue weighted by molar-refractivity contribution is 8.00. The van der Waals surface area contributed by atoms with Gasteiger partial charge in [0.2, 0.25) is 11.8 Å². The van der Waals surface area contributed by atoms with Gasteiger partial charge in [-0.1, -0.05) is 18.1 Å². The monoisotopic (exact) mass is 425 g/mol. The highest BCUT2D eigenvalue weighted by Crippen LogP contribution is 2.36. The van der Waals surface area contributed by atoms with Crippen molar-refractivity contribution < 1.29 is 35.6 Å². The summed E-state index contributed by atoms with van der Waals surface area (Å²) in [5, 5.41) is 3.45. The van der Waals surface area contributed by atoms with Gasteiger partial charge in [0, 0.05) is 11.8 Å². The second kappa shape index (κ2) is 8.17. The van der Waals surface area contributed by atoms with Gasteiger partial charge in [-0.3, -0.25) is 4.79 Å². The van der Waals surface area contributed by atoms with E-state index in [-0.39, 0.29) is 16.6 Å². The molecule has 1 amide bonds. The Morgan fingerprint density at radius 1 is 1.37 bits per heavy atom. The number of rotatable bonds is 7. The molecule has 0 atom stereocenters. The summed E-state index contributed by atoms with van der Waals surface area (Å²) in [5.74, 6) is -1.48. The molecule has 1 aromatic carbocycles. The minimum Gasteiger partial charge on any atom is -0.404 e. The predicted molar refractivity (Wildman–Crippen MR) is 87.6 cm³/mol. The number of halogens is 3. The number of aryl methyl sites for hydroxylation is 1. The first-order chi connectivity index (χ1) is 12.5. The van der Waals surface area contributed by atoms with Crippen molar-refractivity contribution >= 4 is 27.7 Å². The Hall–Kier alpha value is -2.28. The summed E-state index contributed by atoms with van der Waals surface area (Å²) in [7, 11) is -4.66. The summed E-state index contributed by atoms with van der Waals surface area (Å²) in [4.78, 5) is 15.0. The molecule has 2 rings (SSSR count). The van der Waals surface area contributed by atoms with Crippen LogP contribution in [0.2, 0.25) is 0 Å². The molecule has 27 heavy (non-hydrogen) atoms. The number of carbonyl (C=O) groups is 1. The molecular weight excluding hydrogens is 411 g/mol. The number of ether oxygens (including phenoxy) is 1. The lowest BCUT2D eigenvalue weighted by atomic mass is 10.3. The lowest BCUT2D eigenvalue weighted by Gasteiger charge is -2.16. The van der Waals surface area contributed by atoms with Gasteiger partial charge in [-0.25, -0.2) is 13.1 Å². The van der Waals surface area contributed by atoms with E-state index in [0.717, 1.165) is 17.8 Å². The van der Waals surface area contributed by atoms with Gasteiger partial charge in [0.1, 0.15) is 4.90 Å². The minimum atomic E-state index is -5.11. The number of nitrogens with one attached hydrogen (secondary N) is 1. The Bertz CT molecular complexity index is 928. The maximum absolute atomic E-state index is 12.6. The molecule has 0 radical (unpaired) electrons. The largest absolute Gasteiger partial charge is 0.573 e. The predicted octanol–water partition coefficient (Wildman–Crippen LogP) is 2.44. The SMILES string of the molecule is CCSc1cccc(OC(F)(F)F)c1S(=O)(=O)NC(=O)Cc1noc(C)n1. The van der Waals surface area contributed by atoms with Crippen molar-refractivity contribution in [1.29, 1.82) is 0 Å². The Morgan fingerprint density at radius 2 is 2.07 bits per heavy atom. The zero-order valence-corrected chi connectivity index (χ0v) is 15.7. The molecule has 148 valence electrons. The molecule has 1 N–H and O–H groups in total. The summed E-state index contributed by atoms with van der Waals surface area (Å²) in [6.07, 6.45) is -5.64. The van der Waals surface area contributed by atoms with E-state index in [1.807, 2.05) is 0 Å². The number of aromatic nitrogens is 2. The molecule has 0 bridgehead atoms. The van der Waals surface area contributed by atoms with Gasteiger partial charge in [-0.2, -0.15) is 4.98 Å². The third-order valence-corrected chi connectivity index (χ3v) is 5.40. The van der Waals surface area contributed by atoms with E-state index in [2.05, 4.69) is 19.4 Å². The van der Waals surface area contributed by atoms with Crippen LogP contribution >= 0.6 is 11.8 Å². The Kier molecular flexibility index (Phi) is 6.36. The van der Waals surface area contributed by atoms with E-state index in [1.54, 1.807) is 11.6 Å². The summed E-state index contributed by atoms with van der Waals surface area (Å²) in [5.41, 5.74) is 0. The minimum absolute atomic E-state index is 0.00922. The van der Waals surface area contributed by atoms with Crippen LogP contribution in [0.25, 0.3) is 0 Å². The average molecular weight is 425 g/mol. The molecule has 0 fully saturated rings. The fourth-order valence-corrected chi connectivity index (χ4v) is 4.43. The van der Waals surface area contributed by atoms with Crippen molar-refractivity contribution in [2.45, 2.75) is 36.4 Å². The van der Waals surface area contributed by atoms with Crippen LogP contribution in [0.5, 0.6) is 5.75 Å². The second-order valence-electron chi connectivity index (χ2n) is 5.00. The molecular formula is C14H14F3N3O5S2. The number of thioether (sulfide) groups is 1. The van der Waals surface area contributed by atoms with Crippen LogP contribution in [0.3, 0.4) is 0 Å². The molecule has 1 heterocycles. The summed E-state index contributed by atoms with van der Waals surface area (Å²) in [6.45, 7) is 3.17. The number of sulfonamides is 1. The zero-order valence-electron chi connectivity index (χ0n) is 14.0. The normalized spacial score (nSPS) is 12.0. The van der Waals surface area contributed by atoms with Gasteiger partial charge in [0.15, 0.2) is 11.6 Å². The van der Waals surface area contributed by atoms with E-state index in [9.17, 15) is 26.4 Å². The Labute approximate surface area is 156 Å². The number of carbonyl (C=O) groups excluding carboxylic acids is 1. The molecule has 8 nitrogen and oxygen atoms in total. The number of benzene rings is 1. The van der Waals surface area contributed by atoms with Gasteiger partial charge < -0.3 is 9.26 Å². The van der Waals surface area contributed by atoms with Gasteiger partial charge in [0.05, 0.1) is 6.42 Å². The number of amides is 1. The highest BCUT2D eigenvalue weighted by atomic mass is 32.2. The first kappa shape index (κ1) is 21.0. The zero-order chi connectivity index (χ0) is 20.2. The quantitative estimate of drug-likeness (QED) is 0.674. The van der Waals surface area contributed by atoms with Gasteiger partial charge in [0.25, 0.3) is 10.0 Å². The Balaban J connectivity index is 2.36. The van der Waals surface area contributed by atoms with Crippen molar-refractivity contribution in [3.63, 3.8) is 0 Å². The standard InChI is InChI=1S/C14H14F3N3O5S2/c1-3-26-10-6-4-5-9(24-14(15,16)17)13(10)27(22,23)20-12(21)7-11-18-8(2)25-19-11/h4-6H,3,7H2,1-2H3,(H,20,21). The third kappa shape index (κ3) is 5.85. The molecule has 0 spiro atoms. The van der Waals surface area contributed by atoms with Gasteiger partial charge in [-0.15, -0.1) is 24.9 Å². The van der Waals surface area contributed by atoms with Gasteiger partial charge >= 0.3 is 6.36 Å². The molecule has 0 aliphatic rings. The summed E-state index contributed by atoms with van der Waals surface area (Å²) < 4.78 is 73.3. The maximum Gasteiger partial charge on any atom is 0.573 e. The van der Waals surface area contributed by atoms with E-state index >= 15 is 0 Å². The van der Waals surface area contributed by atoms with Crippen LogP contribution in [0.4, 0.5) is 13.2 Å². The lowest BCUT2D eigenvalue weighted by molar-refractivity contribution is -0.275. The van der Waals surface area contributed by atoms with E-state index < -0.39 is 39.4 Å². The van der Waals surface area contributed by atoms with Crippen LogP contribution in [-0.4, -0.2) is 36.6 Å².